The van der Waals surface area contributed by atoms with Crippen LogP contribution in [0.4, 0.5) is 5.69 Å². The fourth-order valence-electron chi connectivity index (χ4n) is 1.69. The minimum absolute atomic E-state index is 0.0934. The second-order valence-corrected chi connectivity index (χ2v) is 5.44. The highest BCUT2D eigenvalue weighted by molar-refractivity contribution is 6.44. The molecular formula is C16H9Cl3N2O. The average Bonchev–Trinajstić information content (AvgIpc) is 2.51. The van der Waals surface area contributed by atoms with Gasteiger partial charge in [0.1, 0.15) is 11.6 Å². The molecule has 110 valence electrons. The van der Waals surface area contributed by atoms with Gasteiger partial charge in [-0.3, -0.25) is 4.79 Å². The lowest BCUT2D eigenvalue weighted by atomic mass is 10.1. The number of carbonyl (C=O) groups excluding carboxylic acids is 1. The zero-order valence-corrected chi connectivity index (χ0v) is 13.4. The van der Waals surface area contributed by atoms with Crippen molar-refractivity contribution in [3.05, 3.63) is 68.7 Å². The lowest BCUT2D eigenvalue weighted by Crippen LogP contribution is -2.13. The summed E-state index contributed by atoms with van der Waals surface area (Å²) in [7, 11) is 0. The van der Waals surface area contributed by atoms with E-state index in [9.17, 15) is 4.79 Å². The molecule has 2 rings (SSSR count). The molecule has 0 saturated heterocycles. The van der Waals surface area contributed by atoms with Gasteiger partial charge in [0.25, 0.3) is 5.91 Å². The van der Waals surface area contributed by atoms with E-state index in [1.54, 1.807) is 42.5 Å². The first-order valence-corrected chi connectivity index (χ1v) is 7.28. The Labute approximate surface area is 142 Å². The summed E-state index contributed by atoms with van der Waals surface area (Å²) in [5, 5.41) is 12.7. The van der Waals surface area contributed by atoms with Crippen LogP contribution in [0.3, 0.4) is 0 Å². The van der Waals surface area contributed by atoms with Crippen LogP contribution in [0.1, 0.15) is 5.56 Å². The van der Waals surface area contributed by atoms with Crippen LogP contribution in [0, 0.1) is 11.3 Å². The third-order valence-electron chi connectivity index (χ3n) is 2.77. The molecule has 0 radical (unpaired) electrons. The van der Waals surface area contributed by atoms with Crippen molar-refractivity contribution < 1.29 is 4.79 Å². The molecule has 0 atom stereocenters. The van der Waals surface area contributed by atoms with E-state index < -0.39 is 5.91 Å². The van der Waals surface area contributed by atoms with E-state index in [4.69, 9.17) is 40.1 Å². The molecule has 0 fully saturated rings. The predicted octanol–water partition coefficient (Wildman–Crippen LogP) is 5.19. The Kier molecular flexibility index (Phi) is 5.46. The number of nitriles is 1. The van der Waals surface area contributed by atoms with Gasteiger partial charge in [-0.1, -0.05) is 59.1 Å². The molecule has 0 bridgehead atoms. The summed E-state index contributed by atoms with van der Waals surface area (Å²) < 4.78 is 0. The summed E-state index contributed by atoms with van der Waals surface area (Å²) in [4.78, 5) is 12.2. The highest BCUT2D eigenvalue weighted by atomic mass is 35.5. The second kappa shape index (κ2) is 7.33. The van der Waals surface area contributed by atoms with E-state index in [1.807, 2.05) is 6.07 Å². The van der Waals surface area contributed by atoms with Gasteiger partial charge in [-0.05, 0) is 29.8 Å². The number of hydrogen-bond donors (Lipinski definition) is 1. The summed E-state index contributed by atoms with van der Waals surface area (Å²) in [6.45, 7) is 0. The standard InChI is InChI=1S/C16H9Cl3N2O/c17-12-5-2-1-4-10(12)8-11(9-20)16(22)21-14-7-3-6-13(18)15(14)19/h1-8H,(H,21,22)/b11-8+. The van der Waals surface area contributed by atoms with Gasteiger partial charge in [0.2, 0.25) is 0 Å². The number of carbonyl (C=O) groups is 1. The van der Waals surface area contributed by atoms with Crippen LogP contribution in [-0.2, 0) is 4.79 Å². The van der Waals surface area contributed by atoms with E-state index >= 15 is 0 Å². The van der Waals surface area contributed by atoms with Gasteiger partial charge in [0, 0.05) is 5.02 Å². The first kappa shape index (κ1) is 16.4. The number of rotatable bonds is 3. The van der Waals surface area contributed by atoms with E-state index in [-0.39, 0.29) is 10.6 Å². The quantitative estimate of drug-likeness (QED) is 0.611. The van der Waals surface area contributed by atoms with E-state index in [1.165, 1.54) is 6.08 Å². The van der Waals surface area contributed by atoms with Gasteiger partial charge in [-0.2, -0.15) is 5.26 Å². The summed E-state index contributed by atoms with van der Waals surface area (Å²) in [5.74, 6) is -0.591. The largest absolute Gasteiger partial charge is 0.320 e. The molecule has 6 heteroatoms. The zero-order valence-electron chi connectivity index (χ0n) is 11.1. The van der Waals surface area contributed by atoms with Gasteiger partial charge in [-0.25, -0.2) is 0 Å². The monoisotopic (exact) mass is 350 g/mol. The van der Waals surface area contributed by atoms with E-state index in [0.717, 1.165) is 0 Å². The van der Waals surface area contributed by atoms with Crippen LogP contribution in [0.5, 0.6) is 0 Å². The number of anilines is 1. The summed E-state index contributed by atoms with van der Waals surface area (Å²) in [6, 6.07) is 13.6. The van der Waals surface area contributed by atoms with Gasteiger partial charge in [-0.15, -0.1) is 0 Å². The number of halogens is 3. The second-order valence-electron chi connectivity index (χ2n) is 4.25. The zero-order chi connectivity index (χ0) is 16.1. The van der Waals surface area contributed by atoms with Crippen LogP contribution in [0.15, 0.2) is 48.0 Å². The number of benzene rings is 2. The Hall–Kier alpha value is -1.99. The SMILES string of the molecule is N#C/C(=C\c1ccccc1Cl)C(=O)Nc1cccc(Cl)c1Cl. The van der Waals surface area contributed by atoms with Gasteiger partial charge in [0.05, 0.1) is 15.7 Å². The summed E-state index contributed by atoms with van der Waals surface area (Å²) in [6.07, 6.45) is 1.41. The molecule has 1 amide bonds. The van der Waals surface area contributed by atoms with Crippen molar-refractivity contribution in [2.24, 2.45) is 0 Å². The molecule has 0 unspecified atom stereocenters. The third kappa shape index (κ3) is 3.80. The molecule has 0 spiro atoms. The van der Waals surface area contributed by atoms with Crippen molar-refractivity contribution in [2.45, 2.75) is 0 Å². The fourth-order valence-corrected chi connectivity index (χ4v) is 2.22. The van der Waals surface area contributed by atoms with Crippen LogP contribution >= 0.6 is 34.8 Å². The van der Waals surface area contributed by atoms with Crippen LogP contribution in [-0.4, -0.2) is 5.91 Å². The molecule has 0 aromatic heterocycles. The maximum Gasteiger partial charge on any atom is 0.266 e. The highest BCUT2D eigenvalue weighted by Gasteiger charge is 2.13. The lowest BCUT2D eigenvalue weighted by Gasteiger charge is -2.07. The van der Waals surface area contributed by atoms with E-state index in [0.29, 0.717) is 21.3 Å². The fraction of sp³-hybridized carbons (Fsp3) is 0. The maximum absolute atomic E-state index is 12.2. The molecular weight excluding hydrogens is 343 g/mol. The minimum atomic E-state index is -0.591. The normalized spacial score (nSPS) is 10.9. The molecule has 22 heavy (non-hydrogen) atoms. The van der Waals surface area contributed by atoms with Gasteiger partial charge < -0.3 is 5.32 Å². The molecule has 3 nitrogen and oxygen atoms in total. The Bertz CT molecular complexity index is 794. The highest BCUT2D eigenvalue weighted by Crippen LogP contribution is 2.30. The Morgan fingerprint density at radius 3 is 2.41 bits per heavy atom. The molecule has 0 aliphatic rings. The van der Waals surface area contributed by atoms with Crippen molar-refractivity contribution in [3.63, 3.8) is 0 Å². The number of amides is 1. The first-order chi connectivity index (χ1) is 10.5. The first-order valence-electron chi connectivity index (χ1n) is 6.14. The average molecular weight is 352 g/mol. The third-order valence-corrected chi connectivity index (χ3v) is 3.93. The minimum Gasteiger partial charge on any atom is -0.320 e. The molecule has 0 saturated carbocycles. The Morgan fingerprint density at radius 2 is 1.73 bits per heavy atom. The molecule has 0 heterocycles. The van der Waals surface area contributed by atoms with Crippen molar-refractivity contribution in [1.82, 2.24) is 0 Å². The van der Waals surface area contributed by atoms with Crippen molar-refractivity contribution >= 4 is 52.5 Å². The molecule has 2 aromatic rings. The summed E-state index contributed by atoms with van der Waals surface area (Å²) >= 11 is 17.9. The van der Waals surface area contributed by atoms with Crippen LogP contribution in [0.25, 0.3) is 6.08 Å². The topological polar surface area (TPSA) is 52.9 Å². The smallest absolute Gasteiger partial charge is 0.266 e. The Morgan fingerprint density at radius 1 is 1.05 bits per heavy atom. The van der Waals surface area contributed by atoms with Crippen LogP contribution < -0.4 is 5.32 Å². The lowest BCUT2D eigenvalue weighted by molar-refractivity contribution is -0.112. The molecule has 0 aliphatic heterocycles. The number of nitrogens with one attached hydrogen (secondary N) is 1. The van der Waals surface area contributed by atoms with Crippen molar-refractivity contribution in [3.8, 4) is 6.07 Å². The molecule has 1 N–H and O–H groups in total. The van der Waals surface area contributed by atoms with Crippen LogP contribution in [0.2, 0.25) is 15.1 Å². The van der Waals surface area contributed by atoms with Gasteiger partial charge >= 0.3 is 0 Å². The predicted molar refractivity (Wildman–Crippen MR) is 90.1 cm³/mol. The van der Waals surface area contributed by atoms with Gasteiger partial charge in [0.15, 0.2) is 0 Å². The molecule has 2 aromatic carbocycles. The Balaban J connectivity index is 2.29. The molecule has 0 aliphatic carbocycles. The maximum atomic E-state index is 12.2. The number of nitrogens with zero attached hydrogens (tertiary/aromatic N) is 1. The summed E-state index contributed by atoms with van der Waals surface area (Å²) in [5.41, 5.74) is 0.816. The van der Waals surface area contributed by atoms with Crippen molar-refractivity contribution in [1.29, 1.82) is 5.26 Å². The van der Waals surface area contributed by atoms with Crippen molar-refractivity contribution in [2.75, 3.05) is 5.32 Å². The number of hydrogen-bond acceptors (Lipinski definition) is 2. The van der Waals surface area contributed by atoms with E-state index in [2.05, 4.69) is 5.32 Å².